The average molecular weight is 341 g/mol. The predicted molar refractivity (Wildman–Crippen MR) is 93.6 cm³/mol. The molecule has 130 valence electrons. The standard InChI is InChI=1S/C19H19NO5/c1-10-7-17(23)25-18-11(2)19-14(8-13(10)18)15(12(3)24-19)9-20-16(22)5-4-6-21/h6-8H,4-5,9H2,1-3H3,(H,20,22). The van der Waals surface area contributed by atoms with Gasteiger partial charge in [-0.05, 0) is 32.4 Å². The van der Waals surface area contributed by atoms with E-state index in [4.69, 9.17) is 8.83 Å². The minimum Gasteiger partial charge on any atom is -0.461 e. The van der Waals surface area contributed by atoms with Gasteiger partial charge in [-0.2, -0.15) is 0 Å². The lowest BCUT2D eigenvalue weighted by atomic mass is 10.0. The molecule has 0 bridgehead atoms. The molecule has 0 aliphatic rings. The van der Waals surface area contributed by atoms with Crippen molar-refractivity contribution in [1.82, 2.24) is 5.32 Å². The largest absolute Gasteiger partial charge is 0.461 e. The number of fused-ring (bicyclic) bond motifs is 2. The van der Waals surface area contributed by atoms with Crippen molar-refractivity contribution < 1.29 is 18.4 Å². The maximum atomic E-state index is 11.8. The lowest BCUT2D eigenvalue weighted by molar-refractivity contribution is -0.122. The first-order chi connectivity index (χ1) is 11.9. The molecule has 0 spiro atoms. The van der Waals surface area contributed by atoms with Gasteiger partial charge < -0.3 is 18.9 Å². The number of aldehydes is 1. The molecule has 2 aromatic heterocycles. The number of furan rings is 1. The van der Waals surface area contributed by atoms with E-state index in [2.05, 4.69) is 5.32 Å². The zero-order valence-corrected chi connectivity index (χ0v) is 14.4. The topological polar surface area (TPSA) is 89.5 Å². The number of rotatable bonds is 5. The average Bonchev–Trinajstić information content (AvgIpc) is 2.88. The number of amides is 1. The van der Waals surface area contributed by atoms with E-state index in [9.17, 15) is 14.4 Å². The lowest BCUT2D eigenvalue weighted by Crippen LogP contribution is -2.22. The van der Waals surface area contributed by atoms with Crippen molar-refractivity contribution >= 4 is 34.1 Å². The molecule has 1 N–H and O–H groups in total. The summed E-state index contributed by atoms with van der Waals surface area (Å²) in [6, 6.07) is 3.39. The third kappa shape index (κ3) is 3.07. The SMILES string of the molecule is Cc1oc2c(C)c3oc(=O)cc(C)c3cc2c1CNC(=O)CCC=O. The van der Waals surface area contributed by atoms with E-state index >= 15 is 0 Å². The van der Waals surface area contributed by atoms with Crippen LogP contribution in [0.25, 0.3) is 21.9 Å². The van der Waals surface area contributed by atoms with Crippen molar-refractivity contribution in [1.29, 1.82) is 0 Å². The highest BCUT2D eigenvalue weighted by molar-refractivity contribution is 6.00. The highest BCUT2D eigenvalue weighted by Crippen LogP contribution is 2.34. The van der Waals surface area contributed by atoms with Crippen molar-refractivity contribution in [3.8, 4) is 0 Å². The second-order valence-corrected chi connectivity index (χ2v) is 6.12. The minimum absolute atomic E-state index is 0.171. The van der Waals surface area contributed by atoms with E-state index in [0.717, 1.165) is 33.7 Å². The van der Waals surface area contributed by atoms with Gasteiger partial charge in [0.15, 0.2) is 0 Å². The van der Waals surface area contributed by atoms with Crippen LogP contribution in [-0.2, 0) is 16.1 Å². The second-order valence-electron chi connectivity index (χ2n) is 6.12. The van der Waals surface area contributed by atoms with Gasteiger partial charge in [-0.3, -0.25) is 4.79 Å². The molecule has 0 fully saturated rings. The van der Waals surface area contributed by atoms with Crippen molar-refractivity contribution in [3.05, 3.63) is 45.0 Å². The number of carbonyl (C=O) groups excluding carboxylic acids is 2. The molecule has 25 heavy (non-hydrogen) atoms. The number of nitrogens with one attached hydrogen (secondary N) is 1. The Morgan fingerprint density at radius 2 is 1.84 bits per heavy atom. The molecule has 1 amide bonds. The maximum absolute atomic E-state index is 11.8. The van der Waals surface area contributed by atoms with Gasteiger partial charge in [-0.25, -0.2) is 4.79 Å². The van der Waals surface area contributed by atoms with Gasteiger partial charge in [0.05, 0.1) is 0 Å². The van der Waals surface area contributed by atoms with Gasteiger partial charge in [0.2, 0.25) is 5.91 Å². The molecule has 0 radical (unpaired) electrons. The van der Waals surface area contributed by atoms with E-state index in [-0.39, 0.29) is 18.7 Å². The van der Waals surface area contributed by atoms with Gasteiger partial charge in [0.1, 0.15) is 23.2 Å². The Bertz CT molecular complexity index is 1040. The molecular formula is C19H19NO5. The Hall–Kier alpha value is -2.89. The Morgan fingerprint density at radius 1 is 1.12 bits per heavy atom. The molecular weight excluding hydrogens is 322 g/mol. The zero-order valence-electron chi connectivity index (χ0n) is 14.4. The zero-order chi connectivity index (χ0) is 18.1. The van der Waals surface area contributed by atoms with Crippen LogP contribution < -0.4 is 10.9 Å². The van der Waals surface area contributed by atoms with Gasteiger partial charge in [-0.15, -0.1) is 0 Å². The van der Waals surface area contributed by atoms with Crippen molar-refractivity contribution in [3.63, 3.8) is 0 Å². The molecule has 0 saturated carbocycles. The molecule has 0 saturated heterocycles. The fourth-order valence-electron chi connectivity index (χ4n) is 3.04. The molecule has 2 heterocycles. The molecule has 0 unspecified atom stereocenters. The van der Waals surface area contributed by atoms with Gasteiger partial charge >= 0.3 is 5.63 Å². The smallest absolute Gasteiger partial charge is 0.336 e. The molecule has 6 nitrogen and oxygen atoms in total. The highest BCUT2D eigenvalue weighted by Gasteiger charge is 2.18. The summed E-state index contributed by atoms with van der Waals surface area (Å²) in [4.78, 5) is 33.8. The summed E-state index contributed by atoms with van der Waals surface area (Å²) in [5.74, 6) is 0.518. The van der Waals surface area contributed by atoms with Crippen LogP contribution in [0.1, 0.15) is 35.3 Å². The third-order valence-electron chi connectivity index (χ3n) is 4.38. The van der Waals surface area contributed by atoms with Crippen LogP contribution in [0.2, 0.25) is 0 Å². The Labute approximate surface area is 143 Å². The normalized spacial score (nSPS) is 11.2. The molecule has 3 aromatic rings. The van der Waals surface area contributed by atoms with Crippen molar-refractivity contribution in [2.45, 2.75) is 40.2 Å². The Balaban J connectivity index is 2.08. The number of benzene rings is 1. The summed E-state index contributed by atoms with van der Waals surface area (Å²) in [5.41, 5.74) is 3.25. The molecule has 1 aromatic carbocycles. The van der Waals surface area contributed by atoms with Crippen molar-refractivity contribution in [2.75, 3.05) is 0 Å². The van der Waals surface area contributed by atoms with Gasteiger partial charge in [-0.1, -0.05) is 0 Å². The molecule has 0 aliphatic carbocycles. The third-order valence-corrected chi connectivity index (χ3v) is 4.38. The van der Waals surface area contributed by atoms with Crippen LogP contribution in [0, 0.1) is 20.8 Å². The van der Waals surface area contributed by atoms with E-state index in [1.54, 1.807) is 0 Å². The first-order valence-electron chi connectivity index (χ1n) is 8.08. The number of aryl methyl sites for hydroxylation is 3. The highest BCUT2D eigenvalue weighted by atomic mass is 16.4. The fourth-order valence-corrected chi connectivity index (χ4v) is 3.04. The number of hydrogen-bond acceptors (Lipinski definition) is 5. The molecule has 3 rings (SSSR count). The van der Waals surface area contributed by atoms with E-state index in [1.165, 1.54) is 6.07 Å². The van der Waals surface area contributed by atoms with Gasteiger partial charge in [0, 0.05) is 47.4 Å². The van der Waals surface area contributed by atoms with E-state index < -0.39 is 5.63 Å². The van der Waals surface area contributed by atoms with Crippen LogP contribution in [0.3, 0.4) is 0 Å². The van der Waals surface area contributed by atoms with E-state index in [0.29, 0.717) is 23.5 Å². The summed E-state index contributed by atoms with van der Waals surface area (Å²) in [6.07, 6.45) is 1.10. The van der Waals surface area contributed by atoms with E-state index in [1.807, 2.05) is 26.8 Å². The number of hydrogen-bond donors (Lipinski definition) is 1. The fraction of sp³-hybridized carbons (Fsp3) is 0.316. The maximum Gasteiger partial charge on any atom is 0.336 e. The summed E-state index contributed by atoms with van der Waals surface area (Å²) in [7, 11) is 0. The molecule has 0 aliphatic heterocycles. The molecule has 6 heteroatoms. The Kier molecular flexibility index (Phi) is 4.44. The summed E-state index contributed by atoms with van der Waals surface area (Å²) in [5, 5.41) is 4.54. The van der Waals surface area contributed by atoms with Crippen LogP contribution in [-0.4, -0.2) is 12.2 Å². The predicted octanol–water partition coefficient (Wildman–Crippen LogP) is 3.06. The van der Waals surface area contributed by atoms with Crippen LogP contribution in [0.5, 0.6) is 0 Å². The second kappa shape index (κ2) is 6.55. The monoisotopic (exact) mass is 341 g/mol. The Morgan fingerprint density at radius 3 is 2.56 bits per heavy atom. The summed E-state index contributed by atoms with van der Waals surface area (Å²) >= 11 is 0. The molecule has 0 atom stereocenters. The van der Waals surface area contributed by atoms with Crippen LogP contribution in [0.4, 0.5) is 0 Å². The van der Waals surface area contributed by atoms with Crippen LogP contribution in [0.15, 0.2) is 25.8 Å². The quantitative estimate of drug-likeness (QED) is 0.569. The first kappa shape index (κ1) is 17.0. The van der Waals surface area contributed by atoms with Crippen LogP contribution >= 0.6 is 0 Å². The summed E-state index contributed by atoms with van der Waals surface area (Å²) in [6.45, 7) is 5.86. The lowest BCUT2D eigenvalue weighted by Gasteiger charge is -2.06. The van der Waals surface area contributed by atoms with Crippen molar-refractivity contribution in [2.24, 2.45) is 0 Å². The number of carbonyl (C=O) groups is 2. The summed E-state index contributed by atoms with van der Waals surface area (Å²) < 4.78 is 11.2. The first-order valence-corrected chi connectivity index (χ1v) is 8.08. The van der Waals surface area contributed by atoms with Gasteiger partial charge in [0.25, 0.3) is 0 Å². The minimum atomic E-state index is -0.390.